The molecule has 1 aromatic carbocycles. The molecule has 0 heterocycles. The number of aryl methyl sites for hydroxylation is 1. The third-order valence-electron chi connectivity index (χ3n) is 1.71. The summed E-state index contributed by atoms with van der Waals surface area (Å²) in [6, 6.07) is 8.33. The van der Waals surface area contributed by atoms with Gasteiger partial charge in [-0.2, -0.15) is 0 Å². The van der Waals surface area contributed by atoms with E-state index in [-0.39, 0.29) is 0 Å². The van der Waals surface area contributed by atoms with Crippen LogP contribution in [0.5, 0.6) is 0 Å². The summed E-state index contributed by atoms with van der Waals surface area (Å²) in [5.74, 6) is 0. The van der Waals surface area contributed by atoms with Crippen molar-refractivity contribution < 1.29 is 4.79 Å². The molecule has 1 nitrogen and oxygen atoms in total. The average molecular weight is 180 g/mol. The summed E-state index contributed by atoms with van der Waals surface area (Å²) in [6.45, 7) is 0. The minimum Gasteiger partial charge on any atom is -0.303 e. The van der Waals surface area contributed by atoms with E-state index in [2.05, 4.69) is 30.5 Å². The number of benzene rings is 1. The quantitative estimate of drug-likeness (QED) is 0.523. The lowest BCUT2D eigenvalue weighted by Crippen LogP contribution is -1.85. The Bertz CT molecular complexity index is 241. The van der Waals surface area contributed by atoms with Crippen molar-refractivity contribution in [1.82, 2.24) is 0 Å². The van der Waals surface area contributed by atoms with Crippen molar-refractivity contribution in [2.75, 3.05) is 6.26 Å². The third kappa shape index (κ3) is 2.70. The van der Waals surface area contributed by atoms with Crippen molar-refractivity contribution in [3.05, 3.63) is 29.8 Å². The first kappa shape index (κ1) is 9.33. The van der Waals surface area contributed by atoms with Crippen LogP contribution in [0, 0.1) is 0 Å². The Morgan fingerprint density at radius 1 is 1.33 bits per heavy atom. The lowest BCUT2D eigenvalue weighted by Gasteiger charge is -1.98. The normalized spacial score (nSPS) is 9.75. The van der Waals surface area contributed by atoms with Crippen LogP contribution in [0.15, 0.2) is 29.2 Å². The summed E-state index contributed by atoms with van der Waals surface area (Å²) in [5.41, 5.74) is 1.24. The number of aldehydes is 1. The van der Waals surface area contributed by atoms with E-state index in [0.29, 0.717) is 6.42 Å². The zero-order valence-corrected chi connectivity index (χ0v) is 7.93. The molecule has 64 valence electrons. The highest BCUT2D eigenvalue weighted by atomic mass is 32.2. The minimum atomic E-state index is 0.624. The van der Waals surface area contributed by atoms with Gasteiger partial charge in [-0.25, -0.2) is 0 Å². The molecule has 2 heteroatoms. The lowest BCUT2D eigenvalue weighted by molar-refractivity contribution is -0.107. The van der Waals surface area contributed by atoms with E-state index in [0.717, 1.165) is 12.7 Å². The molecular weight excluding hydrogens is 168 g/mol. The number of carbonyl (C=O) groups is 1. The van der Waals surface area contributed by atoms with Crippen molar-refractivity contribution in [2.45, 2.75) is 17.7 Å². The van der Waals surface area contributed by atoms with Crippen LogP contribution in [0.1, 0.15) is 12.0 Å². The predicted molar refractivity (Wildman–Crippen MR) is 52.6 cm³/mol. The van der Waals surface area contributed by atoms with Crippen LogP contribution < -0.4 is 0 Å². The van der Waals surface area contributed by atoms with Crippen LogP contribution in [-0.2, 0) is 11.2 Å². The van der Waals surface area contributed by atoms with Gasteiger partial charge >= 0.3 is 0 Å². The fourth-order valence-electron chi connectivity index (χ4n) is 1.02. The van der Waals surface area contributed by atoms with Crippen LogP contribution in [0.2, 0.25) is 0 Å². The molecule has 0 fully saturated rings. The standard InChI is InChI=1S/C10H12OS/c1-12-10-6-4-9(5-7-10)3-2-8-11/h4-8H,2-3H2,1H3. The topological polar surface area (TPSA) is 17.1 Å². The van der Waals surface area contributed by atoms with Crippen molar-refractivity contribution in [1.29, 1.82) is 0 Å². The van der Waals surface area contributed by atoms with Crippen LogP contribution in [0.25, 0.3) is 0 Å². The molecule has 0 aliphatic heterocycles. The molecule has 0 radical (unpaired) electrons. The summed E-state index contributed by atoms with van der Waals surface area (Å²) >= 11 is 1.73. The van der Waals surface area contributed by atoms with Gasteiger partial charge in [-0.3, -0.25) is 0 Å². The van der Waals surface area contributed by atoms with Gasteiger partial charge < -0.3 is 4.79 Å². The number of hydrogen-bond donors (Lipinski definition) is 0. The molecule has 0 unspecified atom stereocenters. The third-order valence-corrected chi connectivity index (χ3v) is 2.45. The number of hydrogen-bond acceptors (Lipinski definition) is 2. The molecule has 0 aliphatic carbocycles. The lowest BCUT2D eigenvalue weighted by atomic mass is 10.1. The molecule has 1 rings (SSSR count). The summed E-state index contributed by atoms with van der Waals surface area (Å²) in [4.78, 5) is 11.4. The maximum Gasteiger partial charge on any atom is 0.120 e. The first-order valence-electron chi connectivity index (χ1n) is 3.93. The fourth-order valence-corrected chi connectivity index (χ4v) is 1.43. The van der Waals surface area contributed by atoms with E-state index in [1.807, 2.05) is 0 Å². The minimum absolute atomic E-state index is 0.624. The first-order chi connectivity index (χ1) is 5.86. The largest absolute Gasteiger partial charge is 0.303 e. The van der Waals surface area contributed by atoms with Gasteiger partial charge in [-0.15, -0.1) is 11.8 Å². The zero-order chi connectivity index (χ0) is 8.81. The number of rotatable bonds is 4. The predicted octanol–water partition coefficient (Wildman–Crippen LogP) is 2.54. The van der Waals surface area contributed by atoms with Gasteiger partial charge in [0.25, 0.3) is 0 Å². The summed E-state index contributed by atoms with van der Waals surface area (Å²) in [5, 5.41) is 0. The zero-order valence-electron chi connectivity index (χ0n) is 7.12. The van der Waals surface area contributed by atoms with Crippen LogP contribution in [0.4, 0.5) is 0 Å². The maximum absolute atomic E-state index is 10.1. The molecule has 1 aromatic rings. The van der Waals surface area contributed by atoms with E-state index >= 15 is 0 Å². The molecule has 0 bridgehead atoms. The molecule has 0 N–H and O–H groups in total. The van der Waals surface area contributed by atoms with Gasteiger partial charge in [0.2, 0.25) is 0 Å². The highest BCUT2D eigenvalue weighted by molar-refractivity contribution is 7.98. The van der Waals surface area contributed by atoms with Gasteiger partial charge in [-0.05, 0) is 30.4 Å². The molecule has 0 saturated carbocycles. The molecule has 0 aliphatic rings. The molecule has 0 saturated heterocycles. The molecule has 0 atom stereocenters. The second-order valence-electron chi connectivity index (χ2n) is 2.55. The van der Waals surface area contributed by atoms with Crippen molar-refractivity contribution in [3.63, 3.8) is 0 Å². The van der Waals surface area contributed by atoms with Crippen molar-refractivity contribution in [2.24, 2.45) is 0 Å². The van der Waals surface area contributed by atoms with E-state index in [9.17, 15) is 4.79 Å². The van der Waals surface area contributed by atoms with Gasteiger partial charge in [0, 0.05) is 11.3 Å². The number of carbonyl (C=O) groups excluding carboxylic acids is 1. The highest BCUT2D eigenvalue weighted by Crippen LogP contribution is 2.15. The Labute approximate surface area is 77.2 Å². The van der Waals surface area contributed by atoms with Crippen LogP contribution in [-0.4, -0.2) is 12.5 Å². The Balaban J connectivity index is 2.58. The van der Waals surface area contributed by atoms with Gasteiger partial charge in [0.1, 0.15) is 6.29 Å². The van der Waals surface area contributed by atoms with Crippen LogP contribution in [0.3, 0.4) is 0 Å². The van der Waals surface area contributed by atoms with E-state index in [4.69, 9.17) is 0 Å². The van der Waals surface area contributed by atoms with Gasteiger partial charge in [0.05, 0.1) is 0 Å². The smallest absolute Gasteiger partial charge is 0.120 e. The van der Waals surface area contributed by atoms with E-state index in [1.54, 1.807) is 11.8 Å². The Hall–Kier alpha value is -0.760. The van der Waals surface area contributed by atoms with Crippen LogP contribution >= 0.6 is 11.8 Å². The molecule has 0 spiro atoms. The number of thioether (sulfide) groups is 1. The van der Waals surface area contributed by atoms with Crippen molar-refractivity contribution in [3.8, 4) is 0 Å². The molecular formula is C10H12OS. The van der Waals surface area contributed by atoms with Gasteiger partial charge in [0.15, 0.2) is 0 Å². The van der Waals surface area contributed by atoms with E-state index < -0.39 is 0 Å². The summed E-state index contributed by atoms with van der Waals surface area (Å²) < 4.78 is 0. The first-order valence-corrected chi connectivity index (χ1v) is 5.16. The Kier molecular flexibility index (Phi) is 3.88. The average Bonchev–Trinajstić information content (AvgIpc) is 2.15. The van der Waals surface area contributed by atoms with Crippen molar-refractivity contribution >= 4 is 18.0 Å². The second kappa shape index (κ2) is 4.99. The second-order valence-corrected chi connectivity index (χ2v) is 3.43. The summed E-state index contributed by atoms with van der Waals surface area (Å²) in [7, 11) is 0. The Morgan fingerprint density at radius 3 is 2.50 bits per heavy atom. The van der Waals surface area contributed by atoms with E-state index in [1.165, 1.54) is 10.5 Å². The Morgan fingerprint density at radius 2 is 2.00 bits per heavy atom. The summed E-state index contributed by atoms with van der Waals surface area (Å²) in [6.07, 6.45) is 4.50. The monoisotopic (exact) mass is 180 g/mol. The highest BCUT2D eigenvalue weighted by Gasteiger charge is 1.92. The molecule has 12 heavy (non-hydrogen) atoms. The molecule has 0 aromatic heterocycles. The molecule has 0 amide bonds. The fraction of sp³-hybridized carbons (Fsp3) is 0.300. The maximum atomic E-state index is 10.1. The van der Waals surface area contributed by atoms with Gasteiger partial charge in [-0.1, -0.05) is 12.1 Å². The SMILES string of the molecule is CSc1ccc(CCC=O)cc1.